The maximum absolute atomic E-state index is 11.2. The molecule has 4 rings (SSSR count). The molecule has 20 heavy (non-hydrogen) atoms. The van der Waals surface area contributed by atoms with Gasteiger partial charge < -0.3 is 5.11 Å². The molecular weight excluding hydrogens is 268 g/mol. The zero-order valence-electron chi connectivity index (χ0n) is 12.1. The van der Waals surface area contributed by atoms with Crippen LogP contribution in [-0.2, 0) is 6.42 Å². The smallest absolute Gasteiger partial charge is 0.0722 e. The molecule has 3 aliphatic carbocycles. The summed E-state index contributed by atoms with van der Waals surface area (Å²) in [6.45, 7) is 2.06. The SMILES string of the molecule is Cc1ccc(CC2(O)CC3CC2C2CCCC32)c(Cl)c1. The number of benzene rings is 1. The van der Waals surface area contributed by atoms with E-state index in [-0.39, 0.29) is 0 Å². The second-order valence-corrected chi connectivity index (χ2v) is 7.85. The number of hydrogen-bond donors (Lipinski definition) is 1. The first-order chi connectivity index (χ1) is 9.57. The highest BCUT2D eigenvalue weighted by Gasteiger charge is 2.60. The van der Waals surface area contributed by atoms with Crippen LogP contribution in [0.2, 0.25) is 5.02 Å². The van der Waals surface area contributed by atoms with Crippen molar-refractivity contribution in [3.05, 3.63) is 34.3 Å². The number of rotatable bonds is 2. The predicted molar refractivity (Wildman–Crippen MR) is 81.9 cm³/mol. The number of halogens is 1. The molecule has 2 bridgehead atoms. The van der Waals surface area contributed by atoms with Gasteiger partial charge in [0.2, 0.25) is 0 Å². The first-order valence-corrected chi connectivity index (χ1v) is 8.42. The first-order valence-electron chi connectivity index (χ1n) is 8.04. The Bertz CT molecular complexity index is 540. The van der Waals surface area contributed by atoms with Crippen LogP contribution in [0.15, 0.2) is 18.2 Å². The summed E-state index contributed by atoms with van der Waals surface area (Å²) >= 11 is 6.37. The fourth-order valence-electron chi connectivity index (χ4n) is 5.56. The molecule has 0 amide bonds. The van der Waals surface area contributed by atoms with Crippen molar-refractivity contribution in [3.63, 3.8) is 0 Å². The van der Waals surface area contributed by atoms with Crippen molar-refractivity contribution in [2.45, 2.75) is 51.0 Å². The van der Waals surface area contributed by atoms with Crippen molar-refractivity contribution in [2.75, 3.05) is 0 Å². The average Bonchev–Trinajstić information content (AvgIpc) is 3.03. The lowest BCUT2D eigenvalue weighted by molar-refractivity contribution is -0.0450. The van der Waals surface area contributed by atoms with Gasteiger partial charge in [0.25, 0.3) is 0 Å². The maximum atomic E-state index is 11.2. The van der Waals surface area contributed by atoms with E-state index in [1.807, 2.05) is 6.07 Å². The van der Waals surface area contributed by atoms with Crippen LogP contribution in [0, 0.1) is 30.6 Å². The summed E-state index contributed by atoms with van der Waals surface area (Å²) in [6.07, 6.45) is 7.14. The average molecular weight is 291 g/mol. The molecule has 3 fully saturated rings. The molecule has 0 aliphatic heterocycles. The van der Waals surface area contributed by atoms with Crippen molar-refractivity contribution in [1.82, 2.24) is 0 Å². The van der Waals surface area contributed by atoms with Crippen molar-refractivity contribution in [1.29, 1.82) is 0 Å². The first kappa shape index (κ1) is 13.2. The number of aryl methyl sites for hydroxylation is 1. The van der Waals surface area contributed by atoms with Gasteiger partial charge in [0.05, 0.1) is 5.60 Å². The molecular formula is C18H23ClO. The van der Waals surface area contributed by atoms with E-state index in [0.717, 1.165) is 41.2 Å². The zero-order chi connectivity index (χ0) is 13.9. The minimum Gasteiger partial charge on any atom is -0.389 e. The van der Waals surface area contributed by atoms with Crippen LogP contribution in [0.4, 0.5) is 0 Å². The van der Waals surface area contributed by atoms with E-state index < -0.39 is 5.60 Å². The Morgan fingerprint density at radius 1 is 1.30 bits per heavy atom. The van der Waals surface area contributed by atoms with Crippen LogP contribution in [0.25, 0.3) is 0 Å². The number of hydrogen-bond acceptors (Lipinski definition) is 1. The van der Waals surface area contributed by atoms with Crippen LogP contribution >= 0.6 is 11.6 Å². The lowest BCUT2D eigenvalue weighted by Crippen LogP contribution is -2.43. The molecule has 2 heteroatoms. The molecule has 1 aromatic carbocycles. The quantitative estimate of drug-likeness (QED) is 0.857. The standard InChI is InChI=1S/C18H23ClO/c1-11-5-6-12(17(19)7-11)9-18(20)10-13-8-16(18)15-4-2-3-14(13)15/h5-7,13-16,20H,2-4,8-10H2,1H3. The summed E-state index contributed by atoms with van der Waals surface area (Å²) in [6, 6.07) is 6.23. The molecule has 0 aromatic heterocycles. The highest BCUT2D eigenvalue weighted by molar-refractivity contribution is 6.31. The van der Waals surface area contributed by atoms with E-state index in [0.29, 0.717) is 5.92 Å². The van der Waals surface area contributed by atoms with E-state index in [4.69, 9.17) is 11.6 Å². The summed E-state index contributed by atoms with van der Waals surface area (Å²) in [5.74, 6) is 3.02. The molecule has 0 spiro atoms. The van der Waals surface area contributed by atoms with Crippen molar-refractivity contribution in [2.24, 2.45) is 23.7 Å². The molecule has 5 unspecified atom stereocenters. The van der Waals surface area contributed by atoms with Gasteiger partial charge in [0.1, 0.15) is 0 Å². The predicted octanol–water partition coefficient (Wildman–Crippen LogP) is 4.38. The van der Waals surface area contributed by atoms with Crippen LogP contribution in [-0.4, -0.2) is 10.7 Å². The van der Waals surface area contributed by atoms with Gasteiger partial charge in [-0.3, -0.25) is 0 Å². The summed E-state index contributed by atoms with van der Waals surface area (Å²) in [5.41, 5.74) is 1.83. The van der Waals surface area contributed by atoms with Crippen molar-refractivity contribution < 1.29 is 5.11 Å². The third-order valence-corrected chi connectivity index (χ3v) is 6.67. The molecule has 0 saturated heterocycles. The monoisotopic (exact) mass is 290 g/mol. The van der Waals surface area contributed by atoms with Crippen molar-refractivity contribution >= 4 is 11.6 Å². The molecule has 0 radical (unpaired) electrons. The lowest BCUT2D eigenvalue weighted by Gasteiger charge is -2.39. The van der Waals surface area contributed by atoms with Gasteiger partial charge in [0.15, 0.2) is 0 Å². The van der Waals surface area contributed by atoms with E-state index in [2.05, 4.69) is 19.1 Å². The normalized spacial score (nSPS) is 42.1. The van der Waals surface area contributed by atoms with Gasteiger partial charge >= 0.3 is 0 Å². The second kappa shape index (κ2) is 4.48. The largest absolute Gasteiger partial charge is 0.389 e. The van der Waals surface area contributed by atoms with E-state index in [9.17, 15) is 5.11 Å². The molecule has 1 nitrogen and oxygen atoms in total. The van der Waals surface area contributed by atoms with Crippen molar-refractivity contribution in [3.8, 4) is 0 Å². The van der Waals surface area contributed by atoms with Crippen LogP contribution < -0.4 is 0 Å². The van der Waals surface area contributed by atoms with Gasteiger partial charge in [-0.1, -0.05) is 30.2 Å². The molecule has 1 aromatic rings. The van der Waals surface area contributed by atoms with Crippen LogP contribution in [0.5, 0.6) is 0 Å². The van der Waals surface area contributed by atoms with Crippen LogP contribution in [0.1, 0.15) is 43.2 Å². The Labute approximate surface area is 126 Å². The molecule has 0 heterocycles. The number of aliphatic hydroxyl groups is 1. The topological polar surface area (TPSA) is 20.2 Å². The minimum absolute atomic E-state index is 0.491. The molecule has 1 N–H and O–H groups in total. The molecule has 3 saturated carbocycles. The minimum atomic E-state index is -0.491. The fraction of sp³-hybridized carbons (Fsp3) is 0.667. The molecule has 108 valence electrons. The Morgan fingerprint density at radius 2 is 2.10 bits per heavy atom. The van der Waals surface area contributed by atoms with Gasteiger partial charge in [0, 0.05) is 11.4 Å². The van der Waals surface area contributed by atoms with Gasteiger partial charge in [-0.2, -0.15) is 0 Å². The maximum Gasteiger partial charge on any atom is 0.0722 e. The molecule has 3 aliphatic rings. The number of fused-ring (bicyclic) bond motifs is 5. The Hall–Kier alpha value is -0.530. The van der Waals surface area contributed by atoms with Gasteiger partial charge in [-0.25, -0.2) is 0 Å². The zero-order valence-corrected chi connectivity index (χ0v) is 12.9. The third-order valence-electron chi connectivity index (χ3n) is 6.31. The van der Waals surface area contributed by atoms with Gasteiger partial charge in [-0.05, 0) is 73.5 Å². The summed E-state index contributed by atoms with van der Waals surface area (Å²) in [4.78, 5) is 0. The van der Waals surface area contributed by atoms with E-state index in [1.54, 1.807) is 0 Å². The fourth-order valence-corrected chi connectivity index (χ4v) is 5.87. The van der Waals surface area contributed by atoms with Crippen LogP contribution in [0.3, 0.4) is 0 Å². The Kier molecular flexibility index (Phi) is 2.95. The lowest BCUT2D eigenvalue weighted by atomic mass is 9.70. The van der Waals surface area contributed by atoms with Gasteiger partial charge in [-0.15, -0.1) is 0 Å². The summed E-state index contributed by atoms with van der Waals surface area (Å²) < 4.78 is 0. The van der Waals surface area contributed by atoms with E-state index >= 15 is 0 Å². The highest BCUT2D eigenvalue weighted by atomic mass is 35.5. The Balaban J connectivity index is 1.60. The highest BCUT2D eigenvalue weighted by Crippen LogP contribution is 2.63. The Morgan fingerprint density at radius 3 is 2.90 bits per heavy atom. The molecule has 5 atom stereocenters. The van der Waals surface area contributed by atoms with E-state index in [1.165, 1.54) is 31.2 Å². The summed E-state index contributed by atoms with van der Waals surface area (Å²) in [7, 11) is 0. The second-order valence-electron chi connectivity index (χ2n) is 7.44. The summed E-state index contributed by atoms with van der Waals surface area (Å²) in [5, 5.41) is 12.0. The third kappa shape index (κ3) is 1.86.